The number of hydrogen-bond donors (Lipinski definition) is 4. The summed E-state index contributed by atoms with van der Waals surface area (Å²) in [6.07, 6.45) is -4.39. The average molecular weight is 726 g/mol. The zero-order valence-corrected chi connectivity index (χ0v) is 27.0. The molecule has 1 aliphatic carbocycles. The van der Waals surface area contributed by atoms with Gasteiger partial charge in [-0.05, 0) is 60.7 Å². The van der Waals surface area contributed by atoms with Gasteiger partial charge < -0.3 is 15.7 Å². The molecule has 1 unspecified atom stereocenters. The Balaban J connectivity index is 1.48. The molecule has 1 aliphatic rings. The maximum Gasteiger partial charge on any atom is 0.435 e. The van der Waals surface area contributed by atoms with E-state index in [0.717, 1.165) is 31.0 Å². The average Bonchev–Trinajstić information content (AvgIpc) is 3.74. The number of carbonyl (C=O) groups is 2. The highest BCUT2D eigenvalue weighted by Crippen LogP contribution is 2.33. The number of nitrogens with one attached hydrogen (secondary N) is 3. The van der Waals surface area contributed by atoms with Gasteiger partial charge in [0.25, 0.3) is 5.91 Å². The summed E-state index contributed by atoms with van der Waals surface area (Å²) in [5, 5.41) is 27.4. The highest BCUT2D eigenvalue weighted by Gasteiger charge is 2.37. The molecule has 4 aromatic rings. The van der Waals surface area contributed by atoms with E-state index in [0.29, 0.717) is 27.1 Å². The van der Waals surface area contributed by atoms with Crippen molar-refractivity contribution < 1.29 is 32.3 Å². The van der Waals surface area contributed by atoms with Crippen molar-refractivity contribution in [3.05, 3.63) is 113 Å². The molecule has 48 heavy (non-hydrogen) atoms. The lowest BCUT2D eigenvalue weighted by atomic mass is 9.97. The lowest BCUT2D eigenvalue weighted by molar-refractivity contribution is -0.141. The molecule has 0 radical (unpaired) electrons. The van der Waals surface area contributed by atoms with Gasteiger partial charge >= 0.3 is 12.3 Å². The van der Waals surface area contributed by atoms with Crippen LogP contribution in [0.15, 0.2) is 78.9 Å². The van der Waals surface area contributed by atoms with Crippen LogP contribution >= 0.6 is 34.8 Å². The number of nitrogens with zero attached hydrogens (tertiary/aromatic N) is 3. The van der Waals surface area contributed by atoms with Crippen molar-refractivity contribution in [2.24, 2.45) is 5.92 Å². The fourth-order valence-electron chi connectivity index (χ4n) is 4.93. The van der Waals surface area contributed by atoms with Gasteiger partial charge in [0.05, 0.1) is 24.0 Å². The van der Waals surface area contributed by atoms with E-state index in [1.54, 1.807) is 6.07 Å². The summed E-state index contributed by atoms with van der Waals surface area (Å²) >= 11 is 17.2. The molecule has 0 spiro atoms. The van der Waals surface area contributed by atoms with E-state index < -0.39 is 51.6 Å². The molecule has 2 amide bonds. The molecule has 5 rings (SSSR count). The summed E-state index contributed by atoms with van der Waals surface area (Å²) in [5.74, 6) is -2.06. The summed E-state index contributed by atoms with van der Waals surface area (Å²) in [7, 11) is 0. The van der Waals surface area contributed by atoms with E-state index in [1.807, 2.05) is 30.3 Å². The van der Waals surface area contributed by atoms with Crippen molar-refractivity contribution in [1.82, 2.24) is 20.0 Å². The number of carbonyl (C=O) groups excluding carboxylic acids is 1. The Bertz CT molecular complexity index is 1830. The molecule has 0 saturated heterocycles. The molecule has 0 aliphatic heterocycles. The number of anilines is 1. The fourth-order valence-corrected chi connectivity index (χ4v) is 5.28. The summed E-state index contributed by atoms with van der Waals surface area (Å²) in [6.45, 7) is -0.00114. The molecule has 1 heterocycles. The Kier molecular flexibility index (Phi) is 10.3. The summed E-state index contributed by atoms with van der Waals surface area (Å²) < 4.78 is 55.2. The van der Waals surface area contributed by atoms with Crippen LogP contribution in [0.2, 0.25) is 0 Å². The standard InChI is InChI=1S/C32H27Cl3F4N6O3/c33-31(34,35)17-44(30(47)48)28(40)21-7-4-8-22(13-21)45-25(15-26(43-45)32(37,38)39)29(46)42-24-14-20(11-12-23(24)36)27(41-16-18-9-10-18)19-5-2-1-3-6-19/h1-8,11-15,18,27,40-41H,9-10,16-17H2,(H,42,46)(H,47,48). The molecule has 3 aromatic carbocycles. The number of aromatic nitrogens is 2. The SMILES string of the molecule is N=C(c1cccc(-n2nc(C(F)(F)F)cc2C(=O)Nc2cc(C(NCC3CC3)c3ccccc3)ccc2F)c1)N(CC(Cl)(Cl)Cl)C(=O)O. The molecule has 16 heteroatoms. The number of rotatable bonds is 10. The van der Waals surface area contributed by atoms with Crippen LogP contribution < -0.4 is 10.6 Å². The second kappa shape index (κ2) is 14.1. The minimum absolute atomic E-state index is 0.107. The van der Waals surface area contributed by atoms with Gasteiger partial charge in [-0.3, -0.25) is 15.1 Å². The van der Waals surface area contributed by atoms with Gasteiger partial charge in [0.2, 0.25) is 3.79 Å². The minimum Gasteiger partial charge on any atom is -0.465 e. The summed E-state index contributed by atoms with van der Waals surface area (Å²) in [4.78, 5) is 25.8. The van der Waals surface area contributed by atoms with Crippen molar-refractivity contribution >= 4 is 58.3 Å². The highest BCUT2D eigenvalue weighted by atomic mass is 35.6. The molecule has 1 saturated carbocycles. The largest absolute Gasteiger partial charge is 0.465 e. The number of alkyl halides is 6. The molecular formula is C32H27Cl3F4N6O3. The Morgan fingerprint density at radius 2 is 1.71 bits per heavy atom. The van der Waals surface area contributed by atoms with Crippen molar-refractivity contribution in [1.29, 1.82) is 5.41 Å². The van der Waals surface area contributed by atoms with Crippen LogP contribution in [-0.2, 0) is 6.18 Å². The van der Waals surface area contributed by atoms with Gasteiger partial charge in [-0.15, -0.1) is 0 Å². The zero-order valence-electron chi connectivity index (χ0n) is 24.7. The highest BCUT2D eigenvalue weighted by molar-refractivity contribution is 6.67. The molecule has 1 aromatic heterocycles. The Morgan fingerprint density at radius 3 is 2.33 bits per heavy atom. The van der Waals surface area contributed by atoms with Crippen molar-refractivity contribution in [3.63, 3.8) is 0 Å². The van der Waals surface area contributed by atoms with Crippen LogP contribution in [0.25, 0.3) is 5.69 Å². The van der Waals surface area contributed by atoms with E-state index in [1.165, 1.54) is 30.3 Å². The second-order valence-corrected chi connectivity index (χ2v) is 13.6. The Hall–Kier alpha value is -4.17. The van der Waals surface area contributed by atoms with Crippen LogP contribution in [-0.4, -0.2) is 54.5 Å². The molecule has 1 atom stereocenters. The first-order chi connectivity index (χ1) is 22.6. The topological polar surface area (TPSA) is 123 Å². The number of amides is 2. The second-order valence-electron chi connectivity index (χ2n) is 11.1. The molecule has 9 nitrogen and oxygen atoms in total. The lowest BCUT2D eigenvalue weighted by Gasteiger charge is -2.24. The first-order valence-electron chi connectivity index (χ1n) is 14.4. The monoisotopic (exact) mass is 724 g/mol. The third-order valence-corrected chi connectivity index (χ3v) is 7.81. The van der Waals surface area contributed by atoms with Gasteiger partial charge in [-0.25, -0.2) is 13.9 Å². The summed E-state index contributed by atoms with van der Waals surface area (Å²) in [5.41, 5.74) is -1.03. The van der Waals surface area contributed by atoms with Gasteiger partial charge in [0.15, 0.2) is 5.69 Å². The zero-order chi connectivity index (χ0) is 34.8. The predicted octanol–water partition coefficient (Wildman–Crippen LogP) is 8.05. The van der Waals surface area contributed by atoms with E-state index in [2.05, 4.69) is 15.7 Å². The quantitative estimate of drug-likeness (QED) is 0.0571. The van der Waals surface area contributed by atoms with Crippen LogP contribution in [0, 0.1) is 17.1 Å². The van der Waals surface area contributed by atoms with Gasteiger partial charge in [-0.2, -0.15) is 18.3 Å². The molecule has 0 bridgehead atoms. The third-order valence-electron chi connectivity index (χ3n) is 7.45. The third kappa shape index (κ3) is 8.64. The number of benzene rings is 3. The first kappa shape index (κ1) is 35.1. The minimum atomic E-state index is -4.96. The predicted molar refractivity (Wildman–Crippen MR) is 174 cm³/mol. The number of carboxylic acid groups (broad SMARTS) is 1. The number of halogens is 7. The van der Waals surface area contributed by atoms with E-state index in [4.69, 9.17) is 40.2 Å². The van der Waals surface area contributed by atoms with Crippen LogP contribution in [0.4, 0.5) is 28.0 Å². The van der Waals surface area contributed by atoms with Gasteiger partial charge in [0, 0.05) is 11.6 Å². The first-order valence-corrected chi connectivity index (χ1v) is 15.6. The molecular weight excluding hydrogens is 699 g/mol. The van der Waals surface area contributed by atoms with E-state index in [-0.39, 0.29) is 23.0 Å². The molecule has 4 N–H and O–H groups in total. The number of hydrogen-bond acceptors (Lipinski definition) is 5. The van der Waals surface area contributed by atoms with Crippen molar-refractivity contribution in [2.45, 2.75) is 28.9 Å². The molecule has 1 fully saturated rings. The van der Waals surface area contributed by atoms with E-state index >= 15 is 4.39 Å². The smallest absolute Gasteiger partial charge is 0.435 e. The Morgan fingerprint density at radius 1 is 1.00 bits per heavy atom. The van der Waals surface area contributed by atoms with Gasteiger partial charge in [-0.1, -0.05) is 83.3 Å². The number of amidine groups is 1. The van der Waals surface area contributed by atoms with E-state index in [9.17, 15) is 27.9 Å². The Labute approximate surface area is 286 Å². The maximum absolute atomic E-state index is 15.1. The van der Waals surface area contributed by atoms with Crippen LogP contribution in [0.3, 0.4) is 0 Å². The van der Waals surface area contributed by atoms with Crippen LogP contribution in [0.1, 0.15) is 51.8 Å². The fraction of sp³-hybridized carbons (Fsp3) is 0.250. The normalized spacial score (nSPS) is 14.0. The summed E-state index contributed by atoms with van der Waals surface area (Å²) in [6, 6.07) is 18.8. The van der Waals surface area contributed by atoms with Crippen LogP contribution in [0.5, 0.6) is 0 Å². The van der Waals surface area contributed by atoms with Crippen molar-refractivity contribution in [3.8, 4) is 5.69 Å². The molecule has 252 valence electrons. The van der Waals surface area contributed by atoms with Crippen molar-refractivity contribution in [2.75, 3.05) is 18.4 Å². The van der Waals surface area contributed by atoms with Gasteiger partial charge in [0.1, 0.15) is 17.3 Å². The lowest BCUT2D eigenvalue weighted by Crippen LogP contribution is -2.41. The maximum atomic E-state index is 15.1.